The fourth-order valence-corrected chi connectivity index (χ4v) is 5.26. The molecule has 1 amide bonds. The first-order valence-corrected chi connectivity index (χ1v) is 13.0. The molecule has 0 bridgehead atoms. The van der Waals surface area contributed by atoms with Crippen molar-refractivity contribution >= 4 is 11.6 Å². The summed E-state index contributed by atoms with van der Waals surface area (Å²) in [6, 6.07) is 3.01. The maximum Gasteiger partial charge on any atom is 0.277 e. The Morgan fingerprint density at radius 3 is 2.64 bits per heavy atom. The number of oxazole rings is 1. The number of nitrogens with one attached hydrogen (secondary N) is 2. The SMILES string of the molecule is O=C(Nc1cn(C2CCC(N3CCOCC3)CC2)nc1-c1nc(CF)ccc1F)c1coc(-c2cn[nH]c2)n1. The molecular weight excluding hydrogens is 510 g/mol. The number of ether oxygens (including phenoxy) is 1. The number of H-pyrrole nitrogens is 1. The highest BCUT2D eigenvalue weighted by molar-refractivity contribution is 6.04. The molecule has 11 nitrogen and oxygen atoms in total. The Labute approximate surface area is 222 Å². The molecule has 0 atom stereocenters. The number of hydrogen-bond donors (Lipinski definition) is 2. The van der Waals surface area contributed by atoms with Crippen molar-refractivity contribution in [3.05, 3.63) is 54.2 Å². The number of pyridine rings is 1. The molecule has 0 radical (unpaired) electrons. The van der Waals surface area contributed by atoms with E-state index < -0.39 is 18.4 Å². The Kier molecular flexibility index (Phi) is 7.16. The van der Waals surface area contributed by atoms with Gasteiger partial charge in [-0.2, -0.15) is 10.2 Å². The summed E-state index contributed by atoms with van der Waals surface area (Å²) in [7, 11) is 0. The van der Waals surface area contributed by atoms with Crippen LogP contribution in [0.3, 0.4) is 0 Å². The summed E-state index contributed by atoms with van der Waals surface area (Å²) in [5.74, 6) is -0.995. The molecule has 2 fully saturated rings. The molecule has 204 valence electrons. The maximum atomic E-state index is 14.9. The zero-order valence-corrected chi connectivity index (χ0v) is 21.1. The van der Waals surface area contributed by atoms with Gasteiger partial charge in [0.25, 0.3) is 5.91 Å². The summed E-state index contributed by atoms with van der Waals surface area (Å²) in [6.45, 7) is 2.56. The molecule has 1 aliphatic carbocycles. The van der Waals surface area contributed by atoms with E-state index in [0.29, 0.717) is 11.6 Å². The number of carbonyl (C=O) groups is 1. The largest absolute Gasteiger partial charge is 0.444 e. The lowest BCUT2D eigenvalue weighted by Gasteiger charge is -2.38. The van der Waals surface area contributed by atoms with Gasteiger partial charge in [-0.1, -0.05) is 0 Å². The first kappa shape index (κ1) is 25.3. The predicted molar refractivity (Wildman–Crippen MR) is 136 cm³/mol. The Morgan fingerprint density at radius 1 is 1.10 bits per heavy atom. The summed E-state index contributed by atoms with van der Waals surface area (Å²) in [4.78, 5) is 23.9. The van der Waals surface area contributed by atoms with Crippen molar-refractivity contribution in [2.45, 2.75) is 44.4 Å². The highest BCUT2D eigenvalue weighted by Gasteiger charge is 2.30. The van der Waals surface area contributed by atoms with E-state index in [1.807, 2.05) is 0 Å². The van der Waals surface area contributed by atoms with Crippen molar-refractivity contribution in [2.24, 2.45) is 0 Å². The number of nitrogens with zero attached hydrogens (tertiary/aromatic N) is 6. The van der Waals surface area contributed by atoms with E-state index in [-0.39, 0.29) is 40.4 Å². The van der Waals surface area contributed by atoms with Crippen LogP contribution in [-0.4, -0.2) is 73.1 Å². The van der Waals surface area contributed by atoms with Crippen molar-refractivity contribution in [2.75, 3.05) is 31.6 Å². The van der Waals surface area contributed by atoms with Gasteiger partial charge in [-0.15, -0.1) is 0 Å². The zero-order valence-electron chi connectivity index (χ0n) is 21.1. The van der Waals surface area contributed by atoms with Crippen molar-refractivity contribution in [3.8, 4) is 22.8 Å². The number of aromatic amines is 1. The van der Waals surface area contributed by atoms with Crippen LogP contribution in [0.2, 0.25) is 0 Å². The van der Waals surface area contributed by atoms with Crippen LogP contribution in [0.4, 0.5) is 14.5 Å². The summed E-state index contributed by atoms with van der Waals surface area (Å²) >= 11 is 0. The van der Waals surface area contributed by atoms with Gasteiger partial charge in [-0.25, -0.2) is 18.7 Å². The first-order valence-electron chi connectivity index (χ1n) is 13.0. The van der Waals surface area contributed by atoms with Gasteiger partial charge in [-0.05, 0) is 37.8 Å². The standard InChI is InChI=1S/C26H28F2N8O3/c27-11-17-1-6-20(28)23(31-17)24-21(32-25(37)22-15-39-26(33-22)16-12-29-30-13-16)14-36(34-24)19-4-2-18(3-5-19)35-7-9-38-10-8-35/h1,6,12-15,18-19H,2-5,7-11H2,(H,29,30)(H,32,37). The molecule has 13 heteroatoms. The van der Waals surface area contributed by atoms with E-state index in [0.717, 1.165) is 58.1 Å². The smallest absolute Gasteiger partial charge is 0.277 e. The Balaban J connectivity index is 1.26. The Morgan fingerprint density at radius 2 is 1.90 bits per heavy atom. The molecule has 1 aliphatic heterocycles. The van der Waals surface area contributed by atoms with Crippen LogP contribution in [0.25, 0.3) is 22.8 Å². The highest BCUT2D eigenvalue weighted by Crippen LogP contribution is 2.35. The highest BCUT2D eigenvalue weighted by atomic mass is 19.1. The van der Waals surface area contributed by atoms with E-state index >= 15 is 0 Å². The molecule has 6 rings (SSSR count). The fraction of sp³-hybridized carbons (Fsp3) is 0.423. The fourth-order valence-electron chi connectivity index (χ4n) is 5.26. The van der Waals surface area contributed by atoms with E-state index in [9.17, 15) is 13.6 Å². The quantitative estimate of drug-likeness (QED) is 0.362. The van der Waals surface area contributed by atoms with E-state index in [1.165, 1.54) is 18.5 Å². The number of rotatable bonds is 7. The van der Waals surface area contributed by atoms with Gasteiger partial charge >= 0.3 is 0 Å². The third kappa shape index (κ3) is 5.32. The molecular formula is C26H28F2N8O3. The summed E-state index contributed by atoms with van der Waals surface area (Å²) < 4.78 is 40.9. The molecule has 39 heavy (non-hydrogen) atoms. The van der Waals surface area contributed by atoms with Crippen LogP contribution >= 0.6 is 0 Å². The topological polar surface area (TPSA) is 127 Å². The summed E-state index contributed by atoms with van der Waals surface area (Å²) in [6.07, 6.45) is 9.81. The van der Waals surface area contributed by atoms with Crippen molar-refractivity contribution < 1.29 is 22.7 Å². The number of carbonyl (C=O) groups excluding carboxylic acids is 1. The molecule has 4 aromatic rings. The van der Waals surface area contributed by atoms with Gasteiger partial charge < -0.3 is 14.5 Å². The first-order chi connectivity index (χ1) is 19.1. The number of amides is 1. The lowest BCUT2D eigenvalue weighted by Crippen LogP contribution is -2.45. The monoisotopic (exact) mass is 538 g/mol. The molecule has 1 saturated carbocycles. The van der Waals surface area contributed by atoms with Crippen LogP contribution in [0, 0.1) is 5.82 Å². The third-order valence-corrected chi connectivity index (χ3v) is 7.33. The molecule has 0 unspecified atom stereocenters. The molecule has 2 aliphatic rings. The molecule has 1 saturated heterocycles. The zero-order chi connectivity index (χ0) is 26.8. The lowest BCUT2D eigenvalue weighted by atomic mass is 9.90. The van der Waals surface area contributed by atoms with Gasteiger partial charge in [0.1, 0.15) is 24.3 Å². The summed E-state index contributed by atoms with van der Waals surface area (Å²) in [5.41, 5.74) is 0.952. The van der Waals surface area contributed by atoms with Crippen molar-refractivity contribution in [1.29, 1.82) is 0 Å². The molecule has 5 heterocycles. The third-order valence-electron chi connectivity index (χ3n) is 7.33. The van der Waals surface area contributed by atoms with Crippen molar-refractivity contribution in [1.82, 2.24) is 34.8 Å². The second kappa shape index (κ2) is 11.0. The number of alkyl halides is 1. The number of aromatic nitrogens is 6. The van der Waals surface area contributed by atoms with Crippen LogP contribution < -0.4 is 5.32 Å². The normalized spacial score (nSPS) is 20.3. The number of anilines is 1. The lowest BCUT2D eigenvalue weighted by molar-refractivity contribution is 0.00507. The van der Waals surface area contributed by atoms with Crippen LogP contribution in [0.15, 0.2) is 41.4 Å². The molecule has 0 aromatic carbocycles. The Hall–Kier alpha value is -3.97. The van der Waals surface area contributed by atoms with Gasteiger partial charge in [-0.3, -0.25) is 19.5 Å². The number of halogens is 2. The number of hydrogen-bond acceptors (Lipinski definition) is 8. The summed E-state index contributed by atoms with van der Waals surface area (Å²) in [5, 5.41) is 14.0. The average Bonchev–Trinajstić information content (AvgIpc) is 3.75. The molecule has 2 N–H and O–H groups in total. The van der Waals surface area contributed by atoms with E-state index in [4.69, 9.17) is 9.15 Å². The Bertz CT molecular complexity index is 1420. The predicted octanol–water partition coefficient (Wildman–Crippen LogP) is 4.00. The second-order valence-electron chi connectivity index (χ2n) is 9.73. The van der Waals surface area contributed by atoms with Crippen LogP contribution in [0.1, 0.15) is 47.9 Å². The van der Waals surface area contributed by atoms with E-state index in [1.54, 1.807) is 17.1 Å². The van der Waals surface area contributed by atoms with Crippen molar-refractivity contribution in [3.63, 3.8) is 0 Å². The van der Waals surface area contributed by atoms with Crippen LogP contribution in [0.5, 0.6) is 0 Å². The van der Waals surface area contributed by atoms with Crippen LogP contribution in [-0.2, 0) is 11.4 Å². The minimum absolute atomic E-state index is 0.0295. The maximum absolute atomic E-state index is 14.9. The average molecular weight is 539 g/mol. The van der Waals surface area contributed by atoms with Gasteiger partial charge in [0.2, 0.25) is 5.89 Å². The minimum Gasteiger partial charge on any atom is -0.444 e. The molecule has 4 aromatic heterocycles. The number of morpholine rings is 1. The minimum atomic E-state index is -0.850. The second-order valence-corrected chi connectivity index (χ2v) is 9.73. The van der Waals surface area contributed by atoms with Gasteiger partial charge in [0, 0.05) is 31.5 Å². The van der Waals surface area contributed by atoms with Gasteiger partial charge in [0.05, 0.1) is 42.4 Å². The van der Waals surface area contributed by atoms with E-state index in [2.05, 4.69) is 35.5 Å². The molecule has 0 spiro atoms. The van der Waals surface area contributed by atoms with Gasteiger partial charge in [0.15, 0.2) is 11.5 Å².